The molecule has 1 aliphatic heterocycles. The Bertz CT molecular complexity index is 654. The van der Waals surface area contributed by atoms with Crippen LogP contribution in [0.1, 0.15) is 12.5 Å². The Labute approximate surface area is 129 Å². The van der Waals surface area contributed by atoms with Crippen LogP contribution in [0.15, 0.2) is 48.5 Å². The van der Waals surface area contributed by atoms with Gasteiger partial charge in [0.05, 0.1) is 0 Å². The van der Waals surface area contributed by atoms with Gasteiger partial charge in [0.25, 0.3) is 5.91 Å². The topological polar surface area (TPSA) is 29.5 Å². The number of anilines is 1. The number of nitrogens with zero attached hydrogens (tertiary/aromatic N) is 1. The number of fused-ring (bicyclic) bond motifs is 1. The minimum Gasteiger partial charge on any atom is -0.481 e. The van der Waals surface area contributed by atoms with Crippen LogP contribution in [0, 0.1) is 0 Å². The van der Waals surface area contributed by atoms with Gasteiger partial charge in [0.15, 0.2) is 6.10 Å². The molecule has 0 saturated heterocycles. The van der Waals surface area contributed by atoms with Crippen LogP contribution < -0.4 is 9.64 Å². The number of hydrogen-bond donors (Lipinski definition) is 0. The van der Waals surface area contributed by atoms with Crippen molar-refractivity contribution in [1.82, 2.24) is 0 Å². The number of carbonyl (C=O) groups excluding carboxylic acids is 1. The Morgan fingerprint density at radius 2 is 1.90 bits per heavy atom. The van der Waals surface area contributed by atoms with Gasteiger partial charge in [0, 0.05) is 17.3 Å². The first-order chi connectivity index (χ1) is 10.1. The first-order valence-corrected chi connectivity index (χ1v) is 7.34. The van der Waals surface area contributed by atoms with Crippen molar-refractivity contribution in [3.8, 4) is 5.75 Å². The maximum absolute atomic E-state index is 12.6. The van der Waals surface area contributed by atoms with E-state index in [9.17, 15) is 4.79 Å². The van der Waals surface area contributed by atoms with E-state index in [-0.39, 0.29) is 5.91 Å². The molecule has 1 aliphatic rings. The van der Waals surface area contributed by atoms with Crippen molar-refractivity contribution in [3.63, 3.8) is 0 Å². The molecular formula is C17H16ClNO2. The van der Waals surface area contributed by atoms with Gasteiger partial charge >= 0.3 is 0 Å². The third-order valence-electron chi connectivity index (χ3n) is 3.63. The molecule has 0 N–H and O–H groups in total. The van der Waals surface area contributed by atoms with Crippen LogP contribution in [0.3, 0.4) is 0 Å². The van der Waals surface area contributed by atoms with E-state index in [2.05, 4.69) is 6.07 Å². The molecule has 0 aliphatic carbocycles. The minimum atomic E-state index is -0.530. The molecule has 0 radical (unpaired) electrons. The monoisotopic (exact) mass is 301 g/mol. The Hall–Kier alpha value is -2.00. The number of ether oxygens (including phenoxy) is 1. The average molecular weight is 302 g/mol. The number of benzene rings is 2. The van der Waals surface area contributed by atoms with Crippen molar-refractivity contribution in [2.24, 2.45) is 0 Å². The fourth-order valence-electron chi connectivity index (χ4n) is 2.55. The number of para-hydroxylation sites is 1. The van der Waals surface area contributed by atoms with Crippen molar-refractivity contribution in [2.75, 3.05) is 11.4 Å². The Kier molecular flexibility index (Phi) is 3.84. The summed E-state index contributed by atoms with van der Waals surface area (Å²) in [4.78, 5) is 14.4. The number of halogens is 1. The van der Waals surface area contributed by atoms with E-state index in [0.29, 0.717) is 17.3 Å². The summed E-state index contributed by atoms with van der Waals surface area (Å²) in [5, 5.41) is 0.648. The molecule has 0 spiro atoms. The number of rotatable bonds is 3. The molecule has 1 heterocycles. The van der Waals surface area contributed by atoms with Gasteiger partial charge in [-0.1, -0.05) is 29.8 Å². The van der Waals surface area contributed by atoms with E-state index in [1.54, 1.807) is 36.1 Å². The van der Waals surface area contributed by atoms with Gasteiger partial charge in [-0.05, 0) is 49.2 Å². The first-order valence-electron chi connectivity index (χ1n) is 6.96. The lowest BCUT2D eigenvalue weighted by Crippen LogP contribution is -2.39. The third kappa shape index (κ3) is 2.88. The van der Waals surface area contributed by atoms with Crippen molar-refractivity contribution in [3.05, 3.63) is 59.1 Å². The molecule has 108 valence electrons. The summed E-state index contributed by atoms with van der Waals surface area (Å²) in [7, 11) is 0. The fourth-order valence-corrected chi connectivity index (χ4v) is 2.68. The molecule has 0 aromatic heterocycles. The number of carbonyl (C=O) groups is 1. The SMILES string of the molecule is CC(Oc1ccc(Cl)cc1)C(=O)N1CCc2ccccc21. The summed E-state index contributed by atoms with van der Waals surface area (Å²) in [5.41, 5.74) is 2.21. The highest BCUT2D eigenvalue weighted by Gasteiger charge is 2.28. The smallest absolute Gasteiger partial charge is 0.267 e. The van der Waals surface area contributed by atoms with E-state index in [1.165, 1.54) is 5.56 Å². The summed E-state index contributed by atoms with van der Waals surface area (Å²) in [6.45, 7) is 2.49. The van der Waals surface area contributed by atoms with Gasteiger partial charge in [-0.15, -0.1) is 0 Å². The summed E-state index contributed by atoms with van der Waals surface area (Å²) < 4.78 is 5.71. The van der Waals surface area contributed by atoms with Crippen LogP contribution in [-0.4, -0.2) is 18.6 Å². The van der Waals surface area contributed by atoms with Crippen LogP contribution in [-0.2, 0) is 11.2 Å². The summed E-state index contributed by atoms with van der Waals surface area (Å²) in [5.74, 6) is 0.627. The van der Waals surface area contributed by atoms with Crippen LogP contribution >= 0.6 is 11.6 Å². The van der Waals surface area contributed by atoms with Crippen molar-refractivity contribution < 1.29 is 9.53 Å². The van der Waals surface area contributed by atoms with Crippen LogP contribution in [0.25, 0.3) is 0 Å². The van der Waals surface area contributed by atoms with Gasteiger partial charge in [-0.25, -0.2) is 0 Å². The van der Waals surface area contributed by atoms with E-state index in [4.69, 9.17) is 16.3 Å². The predicted molar refractivity (Wildman–Crippen MR) is 84.0 cm³/mol. The molecule has 2 aromatic carbocycles. The largest absolute Gasteiger partial charge is 0.481 e. The first kappa shape index (κ1) is 14.0. The van der Waals surface area contributed by atoms with Crippen LogP contribution in [0.4, 0.5) is 5.69 Å². The average Bonchev–Trinajstić information content (AvgIpc) is 2.92. The van der Waals surface area contributed by atoms with E-state index < -0.39 is 6.10 Å². The second-order valence-electron chi connectivity index (χ2n) is 5.08. The van der Waals surface area contributed by atoms with E-state index >= 15 is 0 Å². The lowest BCUT2D eigenvalue weighted by molar-refractivity contribution is -0.124. The Morgan fingerprint density at radius 3 is 2.67 bits per heavy atom. The van der Waals surface area contributed by atoms with Gasteiger partial charge in [0.2, 0.25) is 0 Å². The zero-order chi connectivity index (χ0) is 14.8. The predicted octanol–water partition coefficient (Wildman–Crippen LogP) is 3.70. The van der Waals surface area contributed by atoms with Gasteiger partial charge in [-0.2, -0.15) is 0 Å². The van der Waals surface area contributed by atoms with Crippen molar-refractivity contribution >= 4 is 23.2 Å². The lowest BCUT2D eigenvalue weighted by atomic mass is 10.2. The molecule has 0 fully saturated rings. The fraction of sp³-hybridized carbons (Fsp3) is 0.235. The Morgan fingerprint density at radius 1 is 1.19 bits per heavy atom. The molecule has 21 heavy (non-hydrogen) atoms. The molecule has 2 aromatic rings. The maximum atomic E-state index is 12.6. The summed E-state index contributed by atoms with van der Waals surface area (Å²) in [6.07, 6.45) is 0.368. The second-order valence-corrected chi connectivity index (χ2v) is 5.52. The van der Waals surface area contributed by atoms with Crippen molar-refractivity contribution in [2.45, 2.75) is 19.4 Å². The molecule has 3 rings (SSSR count). The molecule has 1 unspecified atom stereocenters. The molecule has 1 amide bonds. The molecule has 4 heteroatoms. The molecule has 1 atom stereocenters. The van der Waals surface area contributed by atoms with Crippen LogP contribution in [0.2, 0.25) is 5.02 Å². The van der Waals surface area contributed by atoms with Gasteiger partial charge in [0.1, 0.15) is 5.75 Å². The number of amides is 1. The van der Waals surface area contributed by atoms with Gasteiger partial charge < -0.3 is 9.64 Å². The lowest BCUT2D eigenvalue weighted by Gasteiger charge is -2.22. The zero-order valence-corrected chi connectivity index (χ0v) is 12.5. The minimum absolute atomic E-state index is 0.0186. The highest BCUT2D eigenvalue weighted by Crippen LogP contribution is 2.28. The van der Waals surface area contributed by atoms with E-state index in [0.717, 1.165) is 12.1 Å². The van der Waals surface area contributed by atoms with E-state index in [1.807, 2.05) is 18.2 Å². The standard InChI is InChI=1S/C17H16ClNO2/c1-12(21-15-8-6-14(18)7-9-15)17(20)19-11-10-13-4-2-3-5-16(13)19/h2-9,12H,10-11H2,1H3. The van der Waals surface area contributed by atoms with Gasteiger partial charge in [-0.3, -0.25) is 4.79 Å². The molecular weight excluding hydrogens is 286 g/mol. The third-order valence-corrected chi connectivity index (χ3v) is 3.88. The summed E-state index contributed by atoms with van der Waals surface area (Å²) >= 11 is 5.84. The normalized spacial score (nSPS) is 14.7. The summed E-state index contributed by atoms with van der Waals surface area (Å²) in [6, 6.07) is 15.0. The molecule has 0 saturated carbocycles. The molecule has 3 nitrogen and oxygen atoms in total. The zero-order valence-electron chi connectivity index (χ0n) is 11.8. The highest BCUT2D eigenvalue weighted by molar-refractivity contribution is 6.30. The Balaban J connectivity index is 1.72. The van der Waals surface area contributed by atoms with Crippen LogP contribution in [0.5, 0.6) is 5.75 Å². The quantitative estimate of drug-likeness (QED) is 0.865. The van der Waals surface area contributed by atoms with Crippen molar-refractivity contribution in [1.29, 1.82) is 0 Å². The molecule has 0 bridgehead atoms. The number of hydrogen-bond acceptors (Lipinski definition) is 2. The second kappa shape index (κ2) is 5.78. The maximum Gasteiger partial charge on any atom is 0.267 e. The highest BCUT2D eigenvalue weighted by atomic mass is 35.5.